The van der Waals surface area contributed by atoms with Crippen LogP contribution in [0.5, 0.6) is 0 Å². The van der Waals surface area contributed by atoms with Gasteiger partial charge in [-0.1, -0.05) is 123 Å². The summed E-state index contributed by atoms with van der Waals surface area (Å²) in [5.74, 6) is 0. The highest BCUT2D eigenvalue weighted by molar-refractivity contribution is 7.25. The minimum absolute atomic E-state index is 0.00789. The van der Waals surface area contributed by atoms with Crippen LogP contribution in [0.25, 0.3) is 42.1 Å². The molecule has 0 unspecified atom stereocenters. The third-order valence-corrected chi connectivity index (χ3v) is 11.7. The first-order chi connectivity index (χ1) is 23.0. The van der Waals surface area contributed by atoms with Gasteiger partial charge in [-0.2, -0.15) is 0 Å². The molecular formula is C45H43NS. The fourth-order valence-corrected chi connectivity index (χ4v) is 9.31. The van der Waals surface area contributed by atoms with Crippen molar-refractivity contribution in [3.63, 3.8) is 0 Å². The maximum absolute atomic E-state index is 2.61. The second kappa shape index (κ2) is 12.0. The molecule has 0 atom stereocenters. The lowest BCUT2D eigenvalue weighted by Gasteiger charge is -2.34. The molecule has 2 heteroatoms. The summed E-state index contributed by atoms with van der Waals surface area (Å²) in [6, 6.07) is 44.1. The number of anilines is 3. The fraction of sp³-hybridized carbons (Fsp3) is 0.244. The zero-order valence-corrected chi connectivity index (χ0v) is 28.9. The van der Waals surface area contributed by atoms with Gasteiger partial charge in [-0.05, 0) is 96.8 Å². The van der Waals surface area contributed by atoms with E-state index >= 15 is 0 Å². The second-order valence-corrected chi connectivity index (χ2v) is 14.7. The summed E-state index contributed by atoms with van der Waals surface area (Å²) in [6.07, 6.45) is 7.22. The minimum Gasteiger partial charge on any atom is -0.310 e. The smallest absolute Gasteiger partial charge is 0.0543 e. The average molecular weight is 630 g/mol. The summed E-state index contributed by atoms with van der Waals surface area (Å²) in [5.41, 5.74) is 12.3. The van der Waals surface area contributed by atoms with E-state index < -0.39 is 0 Å². The Bertz CT molecular complexity index is 2250. The number of benzene rings is 6. The zero-order valence-electron chi connectivity index (χ0n) is 28.1. The molecule has 0 saturated carbocycles. The Hall–Kier alpha value is -4.40. The molecule has 0 radical (unpaired) electrons. The van der Waals surface area contributed by atoms with Crippen LogP contribution in [-0.2, 0) is 5.41 Å². The van der Waals surface area contributed by atoms with Crippen molar-refractivity contribution in [2.75, 3.05) is 4.90 Å². The predicted octanol–water partition coefficient (Wildman–Crippen LogP) is 13.9. The summed E-state index contributed by atoms with van der Waals surface area (Å²) >= 11 is 1.88. The Balaban J connectivity index is 1.45. The number of hydrogen-bond acceptors (Lipinski definition) is 2. The van der Waals surface area contributed by atoms with E-state index in [4.69, 9.17) is 0 Å². The van der Waals surface area contributed by atoms with Gasteiger partial charge in [0.2, 0.25) is 0 Å². The average Bonchev–Trinajstić information content (AvgIpc) is 3.60. The van der Waals surface area contributed by atoms with Crippen LogP contribution in [-0.4, -0.2) is 0 Å². The summed E-state index contributed by atoms with van der Waals surface area (Å²) in [6.45, 7) is 9.13. The molecule has 234 valence electrons. The molecule has 1 heterocycles. The molecule has 0 saturated heterocycles. The fourth-order valence-electron chi connectivity index (χ4n) is 8.22. The van der Waals surface area contributed by atoms with E-state index in [2.05, 4.69) is 148 Å². The Morgan fingerprint density at radius 1 is 0.553 bits per heavy atom. The van der Waals surface area contributed by atoms with Gasteiger partial charge < -0.3 is 4.90 Å². The van der Waals surface area contributed by atoms with Gasteiger partial charge >= 0.3 is 0 Å². The molecule has 1 aliphatic carbocycles. The van der Waals surface area contributed by atoms with Crippen molar-refractivity contribution in [3.05, 3.63) is 138 Å². The van der Waals surface area contributed by atoms with Crippen molar-refractivity contribution in [3.8, 4) is 11.1 Å². The lowest BCUT2D eigenvalue weighted by molar-refractivity contribution is 0.414. The van der Waals surface area contributed by atoms with Gasteiger partial charge in [-0.3, -0.25) is 0 Å². The molecule has 8 rings (SSSR count). The van der Waals surface area contributed by atoms with Crippen LogP contribution >= 0.6 is 11.3 Å². The largest absolute Gasteiger partial charge is 0.310 e. The second-order valence-electron chi connectivity index (χ2n) is 13.7. The van der Waals surface area contributed by atoms with E-state index in [1.807, 2.05) is 11.3 Å². The Kier molecular flexibility index (Phi) is 7.65. The summed E-state index contributed by atoms with van der Waals surface area (Å²) in [7, 11) is 0. The van der Waals surface area contributed by atoms with Gasteiger partial charge in [-0.25, -0.2) is 0 Å². The monoisotopic (exact) mass is 629 g/mol. The van der Waals surface area contributed by atoms with Crippen LogP contribution in [0.3, 0.4) is 0 Å². The van der Waals surface area contributed by atoms with Crippen molar-refractivity contribution in [1.82, 2.24) is 0 Å². The van der Waals surface area contributed by atoms with E-state index in [0.717, 1.165) is 0 Å². The Morgan fingerprint density at radius 2 is 1.19 bits per heavy atom. The molecule has 7 aromatic rings. The quantitative estimate of drug-likeness (QED) is 0.154. The van der Waals surface area contributed by atoms with E-state index in [0.29, 0.717) is 0 Å². The Labute approximate surface area is 283 Å². The predicted molar refractivity (Wildman–Crippen MR) is 206 cm³/mol. The zero-order chi connectivity index (χ0) is 32.1. The van der Waals surface area contributed by atoms with E-state index in [1.54, 1.807) is 5.56 Å². The molecular weight excluding hydrogens is 587 g/mol. The van der Waals surface area contributed by atoms with Crippen LogP contribution < -0.4 is 4.90 Å². The normalized spacial score (nSPS) is 13.4. The number of fused-ring (bicyclic) bond motifs is 8. The van der Waals surface area contributed by atoms with Gasteiger partial charge in [0.1, 0.15) is 0 Å². The van der Waals surface area contributed by atoms with E-state index in [-0.39, 0.29) is 5.41 Å². The van der Waals surface area contributed by atoms with Crippen molar-refractivity contribution in [2.45, 2.75) is 71.6 Å². The molecule has 0 amide bonds. The van der Waals surface area contributed by atoms with Gasteiger partial charge in [0.25, 0.3) is 0 Å². The van der Waals surface area contributed by atoms with Crippen LogP contribution in [0.15, 0.2) is 115 Å². The molecule has 0 N–H and O–H groups in total. The van der Waals surface area contributed by atoms with Gasteiger partial charge in [0, 0.05) is 42.3 Å². The van der Waals surface area contributed by atoms with Crippen LogP contribution in [0.4, 0.5) is 17.1 Å². The molecule has 0 fully saturated rings. The molecule has 0 aliphatic heterocycles. The highest BCUT2D eigenvalue weighted by atomic mass is 32.1. The SMILES string of the molecule is CCCCC1(CCCC)c2cc(C)ccc2-c2c1cc(N(c1ccc(C)cc1)c1ccc3sc4ccccc4c3c1)c1ccccc21. The number of rotatable bonds is 9. The molecule has 6 aromatic carbocycles. The molecule has 0 spiro atoms. The first-order valence-electron chi connectivity index (χ1n) is 17.5. The lowest BCUT2D eigenvalue weighted by Crippen LogP contribution is -2.26. The minimum atomic E-state index is 0.00789. The number of nitrogens with zero attached hydrogens (tertiary/aromatic N) is 1. The van der Waals surface area contributed by atoms with Gasteiger partial charge in [0.15, 0.2) is 0 Å². The van der Waals surface area contributed by atoms with Crippen molar-refractivity contribution in [1.29, 1.82) is 0 Å². The topological polar surface area (TPSA) is 3.24 Å². The highest BCUT2D eigenvalue weighted by Crippen LogP contribution is 2.58. The third-order valence-electron chi connectivity index (χ3n) is 10.6. The van der Waals surface area contributed by atoms with Gasteiger partial charge in [-0.15, -0.1) is 11.3 Å². The first kappa shape index (κ1) is 30.0. The van der Waals surface area contributed by atoms with Crippen LogP contribution in [0.1, 0.15) is 74.6 Å². The Morgan fingerprint density at radius 3 is 1.94 bits per heavy atom. The number of unbranched alkanes of at least 4 members (excludes halogenated alkanes) is 2. The molecule has 1 aromatic heterocycles. The van der Waals surface area contributed by atoms with Crippen molar-refractivity contribution in [2.24, 2.45) is 0 Å². The number of thiophene rings is 1. The lowest BCUT2D eigenvalue weighted by atomic mass is 9.70. The van der Waals surface area contributed by atoms with Crippen LogP contribution in [0, 0.1) is 13.8 Å². The molecule has 1 aliphatic rings. The number of hydrogen-bond donors (Lipinski definition) is 0. The van der Waals surface area contributed by atoms with Crippen molar-refractivity contribution >= 4 is 59.3 Å². The maximum Gasteiger partial charge on any atom is 0.0543 e. The van der Waals surface area contributed by atoms with E-state index in [9.17, 15) is 0 Å². The summed E-state index contributed by atoms with van der Waals surface area (Å²) in [4.78, 5) is 2.53. The van der Waals surface area contributed by atoms with Crippen LogP contribution in [0.2, 0.25) is 0 Å². The van der Waals surface area contributed by atoms with Gasteiger partial charge in [0.05, 0.1) is 5.69 Å². The number of aryl methyl sites for hydroxylation is 2. The van der Waals surface area contributed by atoms with Crippen molar-refractivity contribution < 1.29 is 0 Å². The highest BCUT2D eigenvalue weighted by Gasteiger charge is 2.43. The standard InChI is InChI=1S/C45H43NS/c1-5-7-25-45(26-8-6-2)39-27-31(4)19-23-37(39)44-36-15-10-9-13-34(36)41(29-40(44)45)46(32-20-17-30(3)18-21-32)33-22-24-43-38(28-33)35-14-11-12-16-42(35)47-43/h9-24,27-29H,5-8,25-26H2,1-4H3. The summed E-state index contributed by atoms with van der Waals surface area (Å²) < 4.78 is 2.68. The molecule has 47 heavy (non-hydrogen) atoms. The van der Waals surface area contributed by atoms with E-state index in [1.165, 1.54) is 114 Å². The third kappa shape index (κ3) is 4.88. The maximum atomic E-state index is 2.61. The molecule has 1 nitrogen and oxygen atoms in total. The summed E-state index contributed by atoms with van der Waals surface area (Å²) in [5, 5.41) is 5.32. The molecule has 0 bridgehead atoms. The first-order valence-corrected chi connectivity index (χ1v) is 18.3.